The molecule has 0 heterocycles. The van der Waals surface area contributed by atoms with E-state index in [0.717, 1.165) is 11.1 Å². The molecule has 0 radical (unpaired) electrons. The topological polar surface area (TPSA) is 78.3 Å². The molecule has 0 fully saturated rings. The second kappa shape index (κ2) is 7.49. The maximum Gasteiger partial charge on any atom is 0.311 e. The molecule has 0 amide bonds. The van der Waals surface area contributed by atoms with Crippen LogP contribution in [-0.2, 0) is 16.0 Å². The average Bonchev–Trinajstić information content (AvgIpc) is 2.52. The maximum atomic E-state index is 12.7. The molecule has 24 heavy (non-hydrogen) atoms. The lowest BCUT2D eigenvalue weighted by Crippen LogP contribution is -2.36. The summed E-state index contributed by atoms with van der Waals surface area (Å²) in [4.78, 5) is 12.7. The number of hydrogen-bond donors (Lipinski definition) is 2. The number of nitrogens with two attached hydrogens (primary N) is 2. The van der Waals surface area contributed by atoms with Gasteiger partial charge in [-0.1, -0.05) is 48.5 Å². The van der Waals surface area contributed by atoms with Crippen LogP contribution in [0.15, 0.2) is 54.6 Å². The van der Waals surface area contributed by atoms with E-state index in [-0.39, 0.29) is 5.97 Å². The van der Waals surface area contributed by atoms with Crippen LogP contribution < -0.4 is 11.5 Å². The molecule has 4 heteroatoms. The molecule has 4 N–H and O–H groups in total. The molecule has 0 saturated heterocycles. The van der Waals surface area contributed by atoms with Crippen molar-refractivity contribution < 1.29 is 9.53 Å². The second-order valence-corrected chi connectivity index (χ2v) is 6.98. The molecule has 2 rings (SSSR count). The van der Waals surface area contributed by atoms with E-state index >= 15 is 0 Å². The van der Waals surface area contributed by atoms with Crippen molar-refractivity contribution in [1.29, 1.82) is 0 Å². The van der Waals surface area contributed by atoms with E-state index in [2.05, 4.69) is 0 Å². The van der Waals surface area contributed by atoms with Crippen LogP contribution in [0.4, 0.5) is 5.69 Å². The Bertz CT molecular complexity index is 678. The Balaban J connectivity index is 2.31. The van der Waals surface area contributed by atoms with Crippen LogP contribution in [0.25, 0.3) is 0 Å². The SMILES string of the molecule is CC(C)(C)OC(=O)[C@H](Cc1ccccc1)[C@H](N)c1ccccc1N. The van der Waals surface area contributed by atoms with Gasteiger partial charge < -0.3 is 16.2 Å². The highest BCUT2D eigenvalue weighted by Gasteiger charge is 2.32. The molecular formula is C20H26N2O2. The second-order valence-electron chi connectivity index (χ2n) is 6.98. The van der Waals surface area contributed by atoms with Gasteiger partial charge in [0.05, 0.1) is 5.92 Å². The van der Waals surface area contributed by atoms with Crippen molar-refractivity contribution >= 4 is 11.7 Å². The van der Waals surface area contributed by atoms with Gasteiger partial charge in [0.15, 0.2) is 0 Å². The molecule has 0 aliphatic carbocycles. The van der Waals surface area contributed by atoms with E-state index < -0.39 is 17.6 Å². The number of carbonyl (C=O) groups excluding carboxylic acids is 1. The van der Waals surface area contributed by atoms with Gasteiger partial charge in [-0.15, -0.1) is 0 Å². The first-order valence-electron chi connectivity index (χ1n) is 8.14. The van der Waals surface area contributed by atoms with E-state index in [1.165, 1.54) is 0 Å². The number of hydrogen-bond acceptors (Lipinski definition) is 4. The van der Waals surface area contributed by atoms with Gasteiger partial charge in [-0.3, -0.25) is 4.79 Å². The Hall–Kier alpha value is -2.33. The molecule has 2 aromatic rings. The summed E-state index contributed by atoms with van der Waals surface area (Å²) in [6, 6.07) is 16.7. The molecule has 0 spiro atoms. The number of esters is 1. The highest BCUT2D eigenvalue weighted by atomic mass is 16.6. The van der Waals surface area contributed by atoms with Gasteiger partial charge in [-0.25, -0.2) is 0 Å². The third kappa shape index (κ3) is 4.83. The summed E-state index contributed by atoms with van der Waals surface area (Å²) < 4.78 is 5.59. The number of anilines is 1. The number of para-hydroxylation sites is 1. The molecule has 0 bridgehead atoms. The van der Waals surface area contributed by atoms with E-state index in [9.17, 15) is 4.79 Å². The summed E-state index contributed by atoms with van der Waals surface area (Å²) in [6.45, 7) is 5.56. The van der Waals surface area contributed by atoms with Gasteiger partial charge in [0.25, 0.3) is 0 Å². The quantitative estimate of drug-likeness (QED) is 0.651. The largest absolute Gasteiger partial charge is 0.460 e. The van der Waals surface area contributed by atoms with Crippen LogP contribution in [0.1, 0.15) is 37.9 Å². The minimum atomic E-state index is -0.562. The van der Waals surface area contributed by atoms with Crippen molar-refractivity contribution in [2.45, 2.75) is 38.8 Å². The Morgan fingerprint density at radius 1 is 1.04 bits per heavy atom. The zero-order valence-electron chi connectivity index (χ0n) is 14.5. The highest BCUT2D eigenvalue weighted by Crippen LogP contribution is 2.29. The number of rotatable bonds is 5. The average molecular weight is 326 g/mol. The van der Waals surface area contributed by atoms with E-state index in [4.69, 9.17) is 16.2 Å². The smallest absolute Gasteiger partial charge is 0.311 e. The Morgan fingerprint density at radius 3 is 2.21 bits per heavy atom. The highest BCUT2D eigenvalue weighted by molar-refractivity contribution is 5.75. The molecule has 2 aromatic carbocycles. The lowest BCUT2D eigenvalue weighted by Gasteiger charge is -2.28. The van der Waals surface area contributed by atoms with Crippen LogP contribution in [0.5, 0.6) is 0 Å². The molecular weight excluding hydrogens is 300 g/mol. The normalized spacial score (nSPS) is 14.0. The third-order valence-electron chi connectivity index (χ3n) is 3.80. The maximum absolute atomic E-state index is 12.7. The van der Waals surface area contributed by atoms with Crippen molar-refractivity contribution in [1.82, 2.24) is 0 Å². The van der Waals surface area contributed by atoms with Gasteiger partial charge >= 0.3 is 5.97 Å². The lowest BCUT2D eigenvalue weighted by molar-refractivity contribution is -0.160. The van der Waals surface area contributed by atoms with Crippen LogP contribution in [0.2, 0.25) is 0 Å². The number of benzene rings is 2. The monoisotopic (exact) mass is 326 g/mol. The molecule has 4 nitrogen and oxygen atoms in total. The van der Waals surface area contributed by atoms with Crippen LogP contribution in [0.3, 0.4) is 0 Å². The molecule has 0 aliphatic heterocycles. The molecule has 128 valence electrons. The lowest BCUT2D eigenvalue weighted by atomic mass is 9.87. The van der Waals surface area contributed by atoms with E-state index in [0.29, 0.717) is 12.1 Å². The van der Waals surface area contributed by atoms with Gasteiger partial charge in [0, 0.05) is 11.7 Å². The predicted molar refractivity (Wildman–Crippen MR) is 97.3 cm³/mol. The van der Waals surface area contributed by atoms with Crippen molar-refractivity contribution in [2.75, 3.05) is 5.73 Å². The van der Waals surface area contributed by atoms with Crippen molar-refractivity contribution in [3.63, 3.8) is 0 Å². The fraction of sp³-hybridized carbons (Fsp3) is 0.350. The van der Waals surface area contributed by atoms with Crippen LogP contribution in [0, 0.1) is 5.92 Å². The standard InChI is InChI=1S/C20H26N2O2/c1-20(2,3)24-19(23)16(13-14-9-5-4-6-10-14)18(22)15-11-7-8-12-17(15)21/h4-12,16,18H,13,21-22H2,1-3H3/t16-,18-/m1/s1. The molecule has 0 unspecified atom stereocenters. The summed E-state index contributed by atoms with van der Waals surface area (Å²) in [5.41, 5.74) is 14.3. The summed E-state index contributed by atoms with van der Waals surface area (Å²) in [5.74, 6) is -0.807. The summed E-state index contributed by atoms with van der Waals surface area (Å²) in [5, 5.41) is 0. The van der Waals surface area contributed by atoms with Gasteiger partial charge in [0.2, 0.25) is 0 Å². The Labute approximate surface area is 143 Å². The van der Waals surface area contributed by atoms with E-state index in [1.807, 2.05) is 69.3 Å². The van der Waals surface area contributed by atoms with E-state index in [1.54, 1.807) is 6.07 Å². The first kappa shape index (κ1) is 18.0. The first-order valence-corrected chi connectivity index (χ1v) is 8.14. The fourth-order valence-corrected chi connectivity index (χ4v) is 2.63. The van der Waals surface area contributed by atoms with Crippen molar-refractivity contribution in [3.8, 4) is 0 Å². The Morgan fingerprint density at radius 2 is 1.62 bits per heavy atom. The number of carbonyl (C=O) groups is 1. The van der Waals surface area contributed by atoms with Crippen molar-refractivity contribution in [3.05, 3.63) is 65.7 Å². The fourth-order valence-electron chi connectivity index (χ4n) is 2.63. The molecule has 0 aromatic heterocycles. The van der Waals surface area contributed by atoms with Gasteiger partial charge in [-0.05, 0) is 44.4 Å². The van der Waals surface area contributed by atoms with Crippen LogP contribution >= 0.6 is 0 Å². The number of nitrogen functional groups attached to an aromatic ring is 1. The van der Waals surface area contributed by atoms with Gasteiger partial charge in [0.1, 0.15) is 5.60 Å². The van der Waals surface area contributed by atoms with Gasteiger partial charge in [-0.2, -0.15) is 0 Å². The molecule has 0 aliphatic rings. The summed E-state index contributed by atoms with van der Waals surface area (Å²) in [7, 11) is 0. The predicted octanol–water partition coefficient (Wildman–Crippen LogP) is 3.47. The zero-order valence-corrected chi connectivity index (χ0v) is 14.5. The minimum Gasteiger partial charge on any atom is -0.460 e. The summed E-state index contributed by atoms with van der Waals surface area (Å²) >= 11 is 0. The minimum absolute atomic E-state index is 0.304. The number of ether oxygens (including phenoxy) is 1. The van der Waals surface area contributed by atoms with Crippen molar-refractivity contribution in [2.24, 2.45) is 11.7 Å². The van der Waals surface area contributed by atoms with Crippen LogP contribution in [-0.4, -0.2) is 11.6 Å². The summed E-state index contributed by atoms with van der Waals surface area (Å²) in [6.07, 6.45) is 0.505. The first-order chi connectivity index (χ1) is 11.3. The third-order valence-corrected chi connectivity index (χ3v) is 3.80. The molecule has 2 atom stereocenters. The zero-order chi connectivity index (χ0) is 17.7. The Kier molecular flexibility index (Phi) is 5.62. The molecule has 0 saturated carbocycles.